The quantitative estimate of drug-likeness (QED) is 0.709. The summed E-state index contributed by atoms with van der Waals surface area (Å²) >= 11 is 0. The van der Waals surface area contributed by atoms with Gasteiger partial charge in [-0.1, -0.05) is 48.5 Å². The molecule has 7 heteroatoms. The summed E-state index contributed by atoms with van der Waals surface area (Å²) in [6.45, 7) is 2.94. The van der Waals surface area contributed by atoms with Gasteiger partial charge in [0.25, 0.3) is 0 Å². The molecule has 0 bridgehead atoms. The maximum absolute atomic E-state index is 13.7. The standard InChI is InChI=1S/C22H24N2O4S/c1-2-28-22(25)20-19-17-9-5-3-7-15(17)11-13-23(19)21-18-10-6-4-8-16(18)12-14-24(21)29(20,26)27/h3-10,19-21H,2,11-14H2,1H3/t19-,20-,21-/m0/s1. The highest BCUT2D eigenvalue weighted by Crippen LogP contribution is 2.49. The Kier molecular flexibility index (Phi) is 4.49. The van der Waals surface area contributed by atoms with Crippen LogP contribution in [0.5, 0.6) is 0 Å². The first kappa shape index (κ1) is 18.8. The molecule has 0 saturated carbocycles. The van der Waals surface area contributed by atoms with Gasteiger partial charge in [-0.3, -0.25) is 9.69 Å². The summed E-state index contributed by atoms with van der Waals surface area (Å²) in [4.78, 5) is 15.1. The van der Waals surface area contributed by atoms with E-state index in [4.69, 9.17) is 4.74 Å². The summed E-state index contributed by atoms with van der Waals surface area (Å²) in [5, 5.41) is -1.24. The lowest BCUT2D eigenvalue weighted by atomic mass is 9.87. The molecule has 0 radical (unpaired) electrons. The van der Waals surface area contributed by atoms with E-state index in [1.165, 1.54) is 9.87 Å². The normalized spacial score (nSPS) is 27.8. The second-order valence-electron chi connectivity index (χ2n) is 7.78. The van der Waals surface area contributed by atoms with Gasteiger partial charge < -0.3 is 4.74 Å². The maximum atomic E-state index is 13.7. The van der Waals surface area contributed by atoms with E-state index in [1.807, 2.05) is 42.5 Å². The third kappa shape index (κ3) is 2.75. The van der Waals surface area contributed by atoms with E-state index in [-0.39, 0.29) is 12.8 Å². The predicted molar refractivity (Wildman–Crippen MR) is 109 cm³/mol. The van der Waals surface area contributed by atoms with Crippen molar-refractivity contribution in [3.63, 3.8) is 0 Å². The highest BCUT2D eigenvalue weighted by atomic mass is 32.2. The van der Waals surface area contributed by atoms with Crippen LogP contribution in [-0.4, -0.2) is 48.5 Å². The molecule has 3 atom stereocenters. The van der Waals surface area contributed by atoms with Gasteiger partial charge in [0.05, 0.1) is 12.6 Å². The molecular weight excluding hydrogens is 388 g/mol. The van der Waals surface area contributed by atoms with E-state index in [0.29, 0.717) is 19.5 Å². The number of benzene rings is 2. The Hall–Kier alpha value is -2.22. The third-order valence-corrected chi connectivity index (χ3v) is 8.47. The van der Waals surface area contributed by atoms with Crippen molar-refractivity contribution in [2.45, 2.75) is 37.2 Å². The van der Waals surface area contributed by atoms with Crippen LogP contribution in [0.25, 0.3) is 0 Å². The fraction of sp³-hybridized carbons (Fsp3) is 0.409. The lowest BCUT2D eigenvalue weighted by Gasteiger charge is -2.54. The summed E-state index contributed by atoms with van der Waals surface area (Å²) < 4.78 is 34.3. The van der Waals surface area contributed by atoms with Crippen molar-refractivity contribution in [2.75, 3.05) is 19.7 Å². The number of carbonyl (C=O) groups excluding carboxylic acids is 1. The topological polar surface area (TPSA) is 66.9 Å². The van der Waals surface area contributed by atoms with Crippen LogP contribution in [0.15, 0.2) is 48.5 Å². The van der Waals surface area contributed by atoms with Gasteiger partial charge in [-0.2, -0.15) is 4.31 Å². The molecule has 0 aliphatic carbocycles. The molecule has 3 heterocycles. The molecule has 0 amide bonds. The number of sulfonamides is 1. The fourth-order valence-corrected chi connectivity index (χ4v) is 7.24. The monoisotopic (exact) mass is 412 g/mol. The van der Waals surface area contributed by atoms with Crippen LogP contribution in [0.3, 0.4) is 0 Å². The summed E-state index contributed by atoms with van der Waals surface area (Å²) in [5.41, 5.74) is 4.23. The molecule has 3 aliphatic heterocycles. The van der Waals surface area contributed by atoms with Crippen LogP contribution in [0, 0.1) is 0 Å². The second kappa shape index (κ2) is 6.93. The highest BCUT2D eigenvalue weighted by molar-refractivity contribution is 7.90. The second-order valence-corrected chi connectivity index (χ2v) is 9.79. The molecule has 0 aromatic heterocycles. The van der Waals surface area contributed by atoms with E-state index in [2.05, 4.69) is 11.0 Å². The molecule has 3 aliphatic rings. The minimum absolute atomic E-state index is 0.158. The Morgan fingerprint density at radius 3 is 2.34 bits per heavy atom. The molecule has 1 saturated heterocycles. The SMILES string of the molecule is CCOC(=O)[C@@H]1[C@@H]2c3ccccc3CCN2[C@@H]2c3ccccc3CCN2S1(=O)=O. The zero-order valence-electron chi connectivity index (χ0n) is 16.3. The van der Waals surface area contributed by atoms with Crippen molar-refractivity contribution in [1.29, 1.82) is 0 Å². The number of rotatable bonds is 2. The Morgan fingerprint density at radius 1 is 1.00 bits per heavy atom. The summed E-state index contributed by atoms with van der Waals surface area (Å²) in [7, 11) is -3.88. The molecule has 0 unspecified atom stereocenters. The zero-order chi connectivity index (χ0) is 20.2. The number of ether oxygens (including phenoxy) is 1. The molecule has 0 N–H and O–H groups in total. The van der Waals surface area contributed by atoms with Gasteiger partial charge in [0.15, 0.2) is 5.25 Å². The van der Waals surface area contributed by atoms with Gasteiger partial charge >= 0.3 is 5.97 Å². The van der Waals surface area contributed by atoms with Gasteiger partial charge in [0.2, 0.25) is 10.0 Å². The van der Waals surface area contributed by atoms with E-state index < -0.39 is 27.3 Å². The molecule has 0 spiro atoms. The van der Waals surface area contributed by atoms with Crippen molar-refractivity contribution in [1.82, 2.24) is 9.21 Å². The fourth-order valence-electron chi connectivity index (χ4n) is 5.15. The first-order valence-corrected chi connectivity index (χ1v) is 11.6. The van der Waals surface area contributed by atoms with E-state index in [9.17, 15) is 13.2 Å². The smallest absolute Gasteiger partial charge is 0.327 e. The van der Waals surface area contributed by atoms with Gasteiger partial charge in [-0.25, -0.2) is 8.42 Å². The van der Waals surface area contributed by atoms with Gasteiger partial charge in [-0.15, -0.1) is 0 Å². The molecular formula is C22H24N2O4S. The average molecular weight is 413 g/mol. The Morgan fingerprint density at radius 2 is 1.62 bits per heavy atom. The molecule has 2 aromatic carbocycles. The molecule has 152 valence electrons. The summed E-state index contributed by atoms with van der Waals surface area (Å²) in [6, 6.07) is 15.4. The van der Waals surface area contributed by atoms with Gasteiger partial charge in [0, 0.05) is 13.1 Å². The largest absolute Gasteiger partial charge is 0.465 e. The van der Waals surface area contributed by atoms with Crippen molar-refractivity contribution >= 4 is 16.0 Å². The lowest BCUT2D eigenvalue weighted by molar-refractivity contribution is -0.146. The van der Waals surface area contributed by atoms with Crippen LogP contribution in [0.4, 0.5) is 0 Å². The van der Waals surface area contributed by atoms with Crippen LogP contribution < -0.4 is 0 Å². The van der Waals surface area contributed by atoms with Gasteiger partial charge in [0.1, 0.15) is 6.17 Å². The molecule has 29 heavy (non-hydrogen) atoms. The third-order valence-electron chi connectivity index (χ3n) is 6.35. The maximum Gasteiger partial charge on any atom is 0.327 e. The average Bonchev–Trinajstić information content (AvgIpc) is 2.73. The number of fused-ring (bicyclic) bond motifs is 7. The first-order chi connectivity index (χ1) is 14.0. The Bertz CT molecular complexity index is 1070. The number of nitrogens with zero attached hydrogens (tertiary/aromatic N) is 2. The first-order valence-electron chi connectivity index (χ1n) is 10.1. The van der Waals surface area contributed by atoms with Gasteiger partial charge in [-0.05, 0) is 42.0 Å². The Balaban J connectivity index is 1.72. The molecule has 2 aromatic rings. The van der Waals surface area contributed by atoms with E-state index in [1.54, 1.807) is 6.92 Å². The number of carbonyl (C=O) groups is 1. The van der Waals surface area contributed by atoms with E-state index >= 15 is 0 Å². The van der Waals surface area contributed by atoms with Crippen LogP contribution in [-0.2, 0) is 32.4 Å². The number of esters is 1. The van der Waals surface area contributed by atoms with Crippen molar-refractivity contribution in [3.8, 4) is 0 Å². The Labute approximate surface area is 171 Å². The van der Waals surface area contributed by atoms with Crippen molar-refractivity contribution in [2.24, 2.45) is 0 Å². The van der Waals surface area contributed by atoms with Crippen LogP contribution >= 0.6 is 0 Å². The molecule has 1 fully saturated rings. The van der Waals surface area contributed by atoms with Crippen molar-refractivity contribution < 1.29 is 17.9 Å². The number of hydrogen-bond donors (Lipinski definition) is 0. The molecule has 5 rings (SSSR count). The van der Waals surface area contributed by atoms with Crippen LogP contribution in [0.2, 0.25) is 0 Å². The minimum atomic E-state index is -3.88. The minimum Gasteiger partial charge on any atom is -0.465 e. The van der Waals surface area contributed by atoms with Crippen molar-refractivity contribution in [3.05, 3.63) is 70.8 Å². The highest BCUT2D eigenvalue weighted by Gasteiger charge is 2.58. The van der Waals surface area contributed by atoms with Crippen LogP contribution in [0.1, 0.15) is 41.4 Å². The number of hydrogen-bond acceptors (Lipinski definition) is 5. The lowest BCUT2D eigenvalue weighted by Crippen LogP contribution is -2.63. The predicted octanol–water partition coefficient (Wildman–Crippen LogP) is 2.42. The summed E-state index contributed by atoms with van der Waals surface area (Å²) in [6.07, 6.45) is 1.10. The summed E-state index contributed by atoms with van der Waals surface area (Å²) in [5.74, 6) is -0.656. The zero-order valence-corrected chi connectivity index (χ0v) is 17.1. The van der Waals surface area contributed by atoms with E-state index in [0.717, 1.165) is 23.1 Å². The molecule has 6 nitrogen and oxygen atoms in total.